The van der Waals surface area contributed by atoms with Crippen molar-refractivity contribution in [3.63, 3.8) is 0 Å². The third-order valence-electron chi connectivity index (χ3n) is 3.43. The molecule has 1 saturated heterocycles. The van der Waals surface area contributed by atoms with E-state index in [1.54, 1.807) is 0 Å². The van der Waals surface area contributed by atoms with Gasteiger partial charge in [0.25, 0.3) is 0 Å². The fraction of sp³-hybridized carbons (Fsp3) is 0.750. The van der Waals surface area contributed by atoms with Crippen molar-refractivity contribution >= 4 is 5.95 Å². The van der Waals surface area contributed by atoms with Crippen molar-refractivity contribution in [2.75, 3.05) is 24.5 Å². The molecule has 4 nitrogen and oxygen atoms in total. The molecule has 0 bridgehead atoms. The van der Waals surface area contributed by atoms with Crippen LogP contribution in [0.5, 0.6) is 0 Å². The largest absolute Gasteiger partial charge is 0.339 e. The first kappa shape index (κ1) is 10.1. The van der Waals surface area contributed by atoms with E-state index in [4.69, 9.17) is 4.98 Å². The van der Waals surface area contributed by atoms with Crippen molar-refractivity contribution in [2.45, 2.75) is 38.8 Å². The van der Waals surface area contributed by atoms with Crippen LogP contribution < -0.4 is 10.2 Å². The number of hydrogen-bond donors (Lipinski definition) is 1. The Hall–Kier alpha value is -1.03. The highest BCUT2D eigenvalue weighted by atomic mass is 15.3. The van der Waals surface area contributed by atoms with E-state index in [1.165, 1.54) is 18.8 Å². The van der Waals surface area contributed by atoms with E-state index in [0.717, 1.165) is 31.4 Å². The number of imidazole rings is 1. The maximum absolute atomic E-state index is 4.69. The zero-order chi connectivity index (χ0) is 11.1. The number of rotatable bonds is 2. The number of aromatic nitrogens is 2. The molecule has 4 heteroatoms. The first-order chi connectivity index (χ1) is 7.74. The summed E-state index contributed by atoms with van der Waals surface area (Å²) in [6.07, 6.45) is 4.86. The Bertz CT molecular complexity index is 380. The molecule has 0 amide bonds. The molecule has 0 aromatic carbocycles. The number of aryl methyl sites for hydroxylation is 1. The molecule has 1 aromatic rings. The number of nitrogens with one attached hydrogen (secondary N) is 1. The molecule has 2 aliphatic rings. The highest BCUT2D eigenvalue weighted by Crippen LogP contribution is 2.38. The molecule has 0 unspecified atom stereocenters. The summed E-state index contributed by atoms with van der Waals surface area (Å²) >= 11 is 0. The number of anilines is 1. The van der Waals surface area contributed by atoms with Gasteiger partial charge in [-0.2, -0.15) is 0 Å². The van der Waals surface area contributed by atoms with Gasteiger partial charge in [-0.25, -0.2) is 4.98 Å². The predicted octanol–water partition coefficient (Wildman–Crippen LogP) is 1.32. The van der Waals surface area contributed by atoms with Gasteiger partial charge >= 0.3 is 0 Å². The lowest BCUT2D eigenvalue weighted by Gasteiger charge is -2.33. The van der Waals surface area contributed by atoms with Gasteiger partial charge in [0.15, 0.2) is 0 Å². The molecule has 88 valence electrons. The van der Waals surface area contributed by atoms with Crippen LogP contribution in [-0.4, -0.2) is 35.2 Å². The van der Waals surface area contributed by atoms with Crippen LogP contribution in [0.15, 0.2) is 6.20 Å². The zero-order valence-electron chi connectivity index (χ0n) is 10.1. The molecule has 3 rings (SSSR count). The molecular weight excluding hydrogens is 200 g/mol. The van der Waals surface area contributed by atoms with E-state index >= 15 is 0 Å². The van der Waals surface area contributed by atoms with E-state index in [9.17, 15) is 0 Å². The van der Waals surface area contributed by atoms with Gasteiger partial charge in [0.1, 0.15) is 0 Å². The van der Waals surface area contributed by atoms with Crippen LogP contribution in [0.1, 0.15) is 31.5 Å². The van der Waals surface area contributed by atoms with Crippen molar-refractivity contribution in [2.24, 2.45) is 0 Å². The summed E-state index contributed by atoms with van der Waals surface area (Å²) in [5, 5.41) is 3.47. The molecule has 1 aromatic heterocycles. The van der Waals surface area contributed by atoms with Crippen LogP contribution in [0, 0.1) is 6.92 Å². The average molecular weight is 220 g/mol. The van der Waals surface area contributed by atoms with E-state index in [1.807, 2.05) is 0 Å². The van der Waals surface area contributed by atoms with Crippen molar-refractivity contribution in [1.29, 1.82) is 0 Å². The maximum Gasteiger partial charge on any atom is 0.206 e. The topological polar surface area (TPSA) is 33.1 Å². The molecular formula is C12H20N4. The van der Waals surface area contributed by atoms with E-state index in [-0.39, 0.29) is 0 Å². The molecule has 2 heterocycles. The first-order valence-corrected chi connectivity index (χ1v) is 6.28. The van der Waals surface area contributed by atoms with Crippen LogP contribution in [0.4, 0.5) is 5.95 Å². The molecule has 0 spiro atoms. The van der Waals surface area contributed by atoms with Gasteiger partial charge in [0.05, 0.1) is 5.69 Å². The lowest BCUT2D eigenvalue weighted by molar-refractivity contribution is 0.474. The highest BCUT2D eigenvalue weighted by Gasteiger charge is 2.29. The van der Waals surface area contributed by atoms with Crippen LogP contribution in [0.3, 0.4) is 0 Å². The second kappa shape index (κ2) is 3.77. The molecule has 1 atom stereocenters. The van der Waals surface area contributed by atoms with Crippen molar-refractivity contribution < 1.29 is 0 Å². The fourth-order valence-electron chi connectivity index (χ4n) is 2.47. The van der Waals surface area contributed by atoms with E-state index < -0.39 is 0 Å². The Morgan fingerprint density at radius 1 is 1.44 bits per heavy atom. The van der Waals surface area contributed by atoms with Gasteiger partial charge in [-0.1, -0.05) is 0 Å². The van der Waals surface area contributed by atoms with Crippen LogP contribution in [-0.2, 0) is 0 Å². The highest BCUT2D eigenvalue weighted by molar-refractivity contribution is 5.36. The average Bonchev–Trinajstić information content (AvgIpc) is 3.02. The second-order valence-electron chi connectivity index (χ2n) is 5.12. The monoisotopic (exact) mass is 220 g/mol. The zero-order valence-corrected chi connectivity index (χ0v) is 10.1. The Balaban J connectivity index is 1.86. The smallest absolute Gasteiger partial charge is 0.206 e. The van der Waals surface area contributed by atoms with Gasteiger partial charge in [-0.15, -0.1) is 0 Å². The van der Waals surface area contributed by atoms with E-state index in [0.29, 0.717) is 6.04 Å². The SMILES string of the molecule is Cc1cn(C2CC2)c(N2CCN[C@@H](C)C2)n1. The standard InChI is InChI=1S/C12H20N4/c1-9-7-15(6-5-13-9)12-14-10(2)8-16(12)11-3-4-11/h8-9,11,13H,3-7H2,1-2H3/t9-/m0/s1. The maximum atomic E-state index is 4.69. The van der Waals surface area contributed by atoms with Crippen LogP contribution >= 0.6 is 0 Å². The second-order valence-corrected chi connectivity index (χ2v) is 5.12. The molecule has 1 saturated carbocycles. The molecule has 0 radical (unpaired) electrons. The first-order valence-electron chi connectivity index (χ1n) is 6.28. The van der Waals surface area contributed by atoms with Crippen LogP contribution in [0.2, 0.25) is 0 Å². The quantitative estimate of drug-likeness (QED) is 0.816. The normalized spacial score (nSPS) is 26.1. The predicted molar refractivity (Wildman–Crippen MR) is 64.9 cm³/mol. The van der Waals surface area contributed by atoms with Gasteiger partial charge in [0.2, 0.25) is 5.95 Å². The minimum absolute atomic E-state index is 0.568. The van der Waals surface area contributed by atoms with Gasteiger partial charge in [-0.05, 0) is 26.7 Å². The Labute approximate surface area is 96.7 Å². The molecule has 16 heavy (non-hydrogen) atoms. The third kappa shape index (κ3) is 1.82. The lowest BCUT2D eigenvalue weighted by atomic mass is 10.2. The fourth-order valence-corrected chi connectivity index (χ4v) is 2.47. The van der Waals surface area contributed by atoms with Gasteiger partial charge in [0, 0.05) is 37.9 Å². The summed E-state index contributed by atoms with van der Waals surface area (Å²) in [5.74, 6) is 1.19. The molecule has 1 aliphatic carbocycles. The molecule has 1 N–H and O–H groups in total. The minimum Gasteiger partial charge on any atom is -0.339 e. The van der Waals surface area contributed by atoms with E-state index in [2.05, 4.69) is 34.8 Å². The van der Waals surface area contributed by atoms with Crippen LogP contribution in [0.25, 0.3) is 0 Å². The van der Waals surface area contributed by atoms with Crippen molar-refractivity contribution in [1.82, 2.24) is 14.9 Å². The summed E-state index contributed by atoms with van der Waals surface area (Å²) in [4.78, 5) is 7.11. The van der Waals surface area contributed by atoms with Gasteiger partial charge in [-0.3, -0.25) is 0 Å². The summed E-state index contributed by atoms with van der Waals surface area (Å²) in [6, 6.07) is 1.29. The lowest BCUT2D eigenvalue weighted by Crippen LogP contribution is -2.50. The van der Waals surface area contributed by atoms with Gasteiger partial charge < -0.3 is 14.8 Å². The summed E-state index contributed by atoms with van der Waals surface area (Å²) in [5.41, 5.74) is 1.15. The third-order valence-corrected chi connectivity index (χ3v) is 3.43. The minimum atomic E-state index is 0.568. The summed E-state index contributed by atoms with van der Waals surface area (Å²) < 4.78 is 2.38. The number of hydrogen-bond acceptors (Lipinski definition) is 3. The molecule has 1 aliphatic heterocycles. The Kier molecular flexibility index (Phi) is 2.39. The molecule has 2 fully saturated rings. The summed E-state index contributed by atoms with van der Waals surface area (Å²) in [6.45, 7) is 7.55. The Morgan fingerprint density at radius 3 is 2.94 bits per heavy atom. The number of nitrogens with zero attached hydrogens (tertiary/aromatic N) is 3. The Morgan fingerprint density at radius 2 is 2.25 bits per heavy atom. The summed E-state index contributed by atoms with van der Waals surface area (Å²) in [7, 11) is 0. The number of piperazine rings is 1. The van der Waals surface area contributed by atoms with Crippen molar-refractivity contribution in [3.8, 4) is 0 Å². The van der Waals surface area contributed by atoms with Crippen molar-refractivity contribution in [3.05, 3.63) is 11.9 Å².